The van der Waals surface area contributed by atoms with Crippen LogP contribution in [0.25, 0.3) is 5.69 Å². The quantitative estimate of drug-likeness (QED) is 0.858. The van der Waals surface area contributed by atoms with Crippen molar-refractivity contribution in [3.8, 4) is 11.8 Å². The Kier molecular flexibility index (Phi) is 4.80. The van der Waals surface area contributed by atoms with Gasteiger partial charge >= 0.3 is 0 Å². The molecule has 1 aliphatic heterocycles. The van der Waals surface area contributed by atoms with Gasteiger partial charge in [0.2, 0.25) is 11.8 Å². The van der Waals surface area contributed by atoms with E-state index in [1.807, 2.05) is 11.0 Å². The third kappa shape index (κ3) is 3.59. The normalized spacial score (nSPS) is 15.1. The first-order valence-electron chi connectivity index (χ1n) is 8.77. The van der Waals surface area contributed by atoms with E-state index in [2.05, 4.69) is 28.3 Å². The van der Waals surface area contributed by atoms with E-state index < -0.39 is 0 Å². The molecule has 0 amide bonds. The van der Waals surface area contributed by atoms with Crippen LogP contribution in [0.3, 0.4) is 0 Å². The molecule has 1 aromatic carbocycles. The number of nitrogens with two attached hydrogens (primary N) is 1. The zero-order valence-corrected chi connectivity index (χ0v) is 15.0. The summed E-state index contributed by atoms with van der Waals surface area (Å²) in [6.07, 6.45) is 12.6. The average Bonchev–Trinajstić information content (AvgIpc) is 3.14. The number of hydrogen-bond donors (Lipinski definition) is 1. The number of allylic oxidation sites excluding steroid dienone is 3. The second kappa shape index (κ2) is 7.72. The molecule has 0 atom stereocenters. The number of anilines is 2. The maximum atomic E-state index is 8.97. The average molecular weight is 374 g/mol. The van der Waals surface area contributed by atoms with E-state index in [-0.39, 0.29) is 5.95 Å². The van der Waals surface area contributed by atoms with Crippen molar-refractivity contribution in [1.82, 2.24) is 14.8 Å². The van der Waals surface area contributed by atoms with Gasteiger partial charge in [0.05, 0.1) is 23.9 Å². The number of ether oxygens (including phenoxy) is 2. The van der Waals surface area contributed by atoms with Gasteiger partial charge in [0.1, 0.15) is 12.5 Å². The Labute approximate surface area is 162 Å². The molecule has 0 spiro atoms. The number of nitrogen functional groups attached to an aromatic ring is 1. The van der Waals surface area contributed by atoms with Crippen molar-refractivity contribution in [2.45, 2.75) is 12.8 Å². The lowest BCUT2D eigenvalue weighted by atomic mass is 10.1. The zero-order valence-electron chi connectivity index (χ0n) is 15.0. The summed E-state index contributed by atoms with van der Waals surface area (Å²) in [5.74, 6) is 1.09. The van der Waals surface area contributed by atoms with Crippen molar-refractivity contribution in [2.24, 2.45) is 0 Å². The van der Waals surface area contributed by atoms with Crippen LogP contribution in [-0.4, -0.2) is 21.3 Å². The first kappa shape index (κ1) is 17.4. The van der Waals surface area contributed by atoms with Crippen molar-refractivity contribution in [3.05, 3.63) is 78.3 Å². The van der Waals surface area contributed by atoms with Crippen LogP contribution in [0.1, 0.15) is 18.4 Å². The fourth-order valence-corrected chi connectivity index (χ4v) is 2.91. The van der Waals surface area contributed by atoms with Crippen LogP contribution >= 0.6 is 0 Å². The smallest absolute Gasteiger partial charge is 0.254 e. The van der Waals surface area contributed by atoms with Gasteiger partial charge in [0.15, 0.2) is 6.26 Å². The van der Waals surface area contributed by atoms with Crippen LogP contribution in [0, 0.1) is 11.3 Å². The maximum absolute atomic E-state index is 8.97. The van der Waals surface area contributed by atoms with Gasteiger partial charge < -0.3 is 15.2 Å². The van der Waals surface area contributed by atoms with Crippen LogP contribution in [0.2, 0.25) is 0 Å². The van der Waals surface area contributed by atoms with Crippen molar-refractivity contribution in [1.29, 1.82) is 5.26 Å². The molecule has 2 N–H and O–H groups in total. The lowest BCUT2D eigenvalue weighted by Gasteiger charge is -2.25. The summed E-state index contributed by atoms with van der Waals surface area (Å²) in [6, 6.07) is 9.05. The molecule has 8 nitrogen and oxygen atoms in total. The molecule has 1 aromatic heterocycles. The summed E-state index contributed by atoms with van der Waals surface area (Å²) in [7, 11) is 0. The van der Waals surface area contributed by atoms with Gasteiger partial charge in [0.25, 0.3) is 5.95 Å². The topological polar surface area (TPSA) is 102 Å². The van der Waals surface area contributed by atoms with E-state index in [0.29, 0.717) is 29.6 Å². The number of rotatable bonds is 5. The highest BCUT2D eigenvalue weighted by atomic mass is 16.5. The predicted octanol–water partition coefficient (Wildman–Crippen LogP) is 3.12. The van der Waals surface area contributed by atoms with Gasteiger partial charge in [-0.2, -0.15) is 14.9 Å². The van der Waals surface area contributed by atoms with Gasteiger partial charge in [-0.05, 0) is 37.1 Å². The van der Waals surface area contributed by atoms with E-state index in [0.717, 1.165) is 12.8 Å². The van der Waals surface area contributed by atoms with Crippen LogP contribution < -0.4 is 10.6 Å². The lowest BCUT2D eigenvalue weighted by Crippen LogP contribution is -2.28. The summed E-state index contributed by atoms with van der Waals surface area (Å²) in [5, 5.41) is 13.5. The molecule has 0 saturated heterocycles. The van der Waals surface area contributed by atoms with Crippen LogP contribution in [0.5, 0.6) is 0 Å². The van der Waals surface area contributed by atoms with Crippen LogP contribution in [0.4, 0.5) is 11.9 Å². The van der Waals surface area contributed by atoms with Crippen molar-refractivity contribution < 1.29 is 9.47 Å². The molecule has 2 aromatic rings. The first-order valence-corrected chi connectivity index (χ1v) is 8.77. The van der Waals surface area contributed by atoms with E-state index in [1.54, 1.807) is 24.3 Å². The number of nitrogens with zero attached hydrogens (tertiary/aromatic N) is 5. The number of hydrogen-bond acceptors (Lipinski definition) is 7. The molecule has 0 fully saturated rings. The molecule has 0 saturated carbocycles. The third-order valence-electron chi connectivity index (χ3n) is 4.32. The molecular formula is C20H18N6O2. The van der Waals surface area contributed by atoms with Crippen molar-refractivity contribution in [2.75, 3.05) is 17.2 Å². The summed E-state index contributed by atoms with van der Waals surface area (Å²) in [5.41, 5.74) is 8.60. The van der Waals surface area contributed by atoms with Gasteiger partial charge in [-0.15, -0.1) is 5.10 Å². The summed E-state index contributed by atoms with van der Waals surface area (Å²) in [6.45, 7) is 0.546. The van der Waals surface area contributed by atoms with Crippen molar-refractivity contribution in [3.63, 3.8) is 0 Å². The Balaban J connectivity index is 1.67. The minimum Gasteiger partial charge on any atom is -0.464 e. The second-order valence-electron chi connectivity index (χ2n) is 6.20. The molecule has 2 heterocycles. The van der Waals surface area contributed by atoms with Gasteiger partial charge in [-0.25, -0.2) is 0 Å². The monoisotopic (exact) mass is 374 g/mol. The minimum absolute atomic E-state index is 0.232. The highest BCUT2D eigenvalue weighted by Gasteiger charge is 2.23. The van der Waals surface area contributed by atoms with E-state index in [1.165, 1.54) is 29.0 Å². The zero-order chi connectivity index (χ0) is 19.3. The summed E-state index contributed by atoms with van der Waals surface area (Å²) >= 11 is 0. The first-order chi connectivity index (χ1) is 13.7. The lowest BCUT2D eigenvalue weighted by molar-refractivity contribution is 0.248. The van der Waals surface area contributed by atoms with Gasteiger partial charge in [-0.1, -0.05) is 23.8 Å². The second-order valence-corrected chi connectivity index (χ2v) is 6.20. The SMILES string of the molecule is N#Cc1ccc(-n2nc(N(CC3=CC=CCC3)C3=COC=CO3)nc2N)cc1. The highest BCUT2D eigenvalue weighted by Crippen LogP contribution is 2.25. The summed E-state index contributed by atoms with van der Waals surface area (Å²) in [4.78, 5) is 6.23. The number of benzene rings is 1. The van der Waals surface area contributed by atoms with Gasteiger partial charge in [0, 0.05) is 0 Å². The number of nitriles is 1. The van der Waals surface area contributed by atoms with E-state index >= 15 is 0 Å². The minimum atomic E-state index is 0.232. The standard InChI is InChI=1S/C20H18N6O2/c21-12-15-6-8-17(9-7-15)26-19(22)23-20(24-26)25(18-14-27-10-11-28-18)13-16-4-2-1-3-5-16/h1-2,4,6-11,14H,3,5,13H2,(H2,22,23,24). The molecule has 1 aliphatic carbocycles. The van der Waals surface area contributed by atoms with Crippen LogP contribution in [0.15, 0.2) is 72.7 Å². The molecule has 4 rings (SSSR count). The Morgan fingerprint density at radius 2 is 2.11 bits per heavy atom. The maximum Gasteiger partial charge on any atom is 0.254 e. The van der Waals surface area contributed by atoms with E-state index in [4.69, 9.17) is 20.5 Å². The molecule has 8 heteroatoms. The van der Waals surface area contributed by atoms with E-state index in [9.17, 15) is 0 Å². The highest BCUT2D eigenvalue weighted by molar-refractivity contribution is 5.48. The molecule has 0 radical (unpaired) electrons. The third-order valence-corrected chi connectivity index (χ3v) is 4.32. The van der Waals surface area contributed by atoms with Crippen LogP contribution in [-0.2, 0) is 9.47 Å². The Hall–Kier alpha value is -3.99. The molecule has 0 bridgehead atoms. The summed E-state index contributed by atoms with van der Waals surface area (Å²) < 4.78 is 12.4. The predicted molar refractivity (Wildman–Crippen MR) is 104 cm³/mol. The Bertz CT molecular complexity index is 1020. The molecular weight excluding hydrogens is 356 g/mol. The fraction of sp³-hybridized carbons (Fsp3) is 0.150. The Morgan fingerprint density at radius 1 is 1.25 bits per heavy atom. The Morgan fingerprint density at radius 3 is 2.79 bits per heavy atom. The van der Waals surface area contributed by atoms with Gasteiger partial charge in [-0.3, -0.25) is 4.90 Å². The largest absolute Gasteiger partial charge is 0.464 e. The number of aromatic nitrogens is 3. The molecule has 140 valence electrons. The molecule has 2 aliphatic rings. The van der Waals surface area contributed by atoms with Crippen molar-refractivity contribution >= 4 is 11.9 Å². The fourth-order valence-electron chi connectivity index (χ4n) is 2.91. The molecule has 0 unspecified atom stereocenters. The molecule has 28 heavy (non-hydrogen) atoms.